The van der Waals surface area contributed by atoms with Crippen molar-refractivity contribution in [1.82, 2.24) is 19.8 Å². The van der Waals surface area contributed by atoms with E-state index in [1.165, 1.54) is 49.5 Å². The highest BCUT2D eigenvalue weighted by Crippen LogP contribution is 2.26. The van der Waals surface area contributed by atoms with E-state index in [9.17, 15) is 23.9 Å². The Morgan fingerprint density at radius 1 is 1.12 bits per heavy atom. The molecule has 12 heteroatoms. The number of nitrogens with zero attached hydrogens (tertiary/aromatic N) is 5. The van der Waals surface area contributed by atoms with E-state index in [0.717, 1.165) is 6.07 Å². The molecule has 0 saturated carbocycles. The number of carbonyl (C=O) groups is 2. The number of carbonyl (C=O) groups excluding carboxylic acids is 1. The van der Waals surface area contributed by atoms with Gasteiger partial charge in [0.2, 0.25) is 0 Å². The molecule has 0 bridgehead atoms. The van der Waals surface area contributed by atoms with Crippen LogP contribution >= 0.6 is 0 Å². The first-order chi connectivity index (χ1) is 15.3. The highest BCUT2D eigenvalue weighted by molar-refractivity contribution is 5.96. The first kappa shape index (κ1) is 22.5. The van der Waals surface area contributed by atoms with Gasteiger partial charge in [-0.05, 0) is 47.2 Å². The Labute approximate surface area is 181 Å². The van der Waals surface area contributed by atoms with E-state index in [2.05, 4.69) is 10.4 Å². The number of anilines is 1. The Balaban J connectivity index is 2.07. The van der Waals surface area contributed by atoms with E-state index in [1.54, 1.807) is 6.92 Å². The van der Waals surface area contributed by atoms with Crippen molar-refractivity contribution in [3.8, 4) is 17.2 Å². The van der Waals surface area contributed by atoms with Crippen molar-refractivity contribution >= 4 is 17.7 Å². The number of carboxylic acid groups (broad SMARTS) is 1. The molecular formula is C20H20FN5O6. The highest BCUT2D eigenvalue weighted by Gasteiger charge is 2.26. The smallest absolute Gasteiger partial charge is 0.377 e. The second-order valence-electron chi connectivity index (χ2n) is 6.50. The average molecular weight is 445 g/mol. The predicted molar refractivity (Wildman–Crippen MR) is 111 cm³/mol. The molecule has 0 fully saturated rings. The topological polar surface area (TPSA) is 129 Å². The van der Waals surface area contributed by atoms with Gasteiger partial charge in [0.1, 0.15) is 22.7 Å². The number of aromatic carboxylic acids is 1. The zero-order valence-electron chi connectivity index (χ0n) is 17.5. The molecule has 1 N–H and O–H groups in total. The monoisotopic (exact) mass is 445 g/mol. The Morgan fingerprint density at radius 3 is 2.47 bits per heavy atom. The number of aromatic nitrogens is 4. The maximum Gasteiger partial charge on any atom is 0.377 e. The maximum atomic E-state index is 14.4. The number of rotatable bonds is 7. The van der Waals surface area contributed by atoms with Crippen LogP contribution in [-0.2, 0) is 0 Å². The molecule has 3 rings (SSSR count). The van der Waals surface area contributed by atoms with Crippen molar-refractivity contribution in [2.75, 3.05) is 25.7 Å². The summed E-state index contributed by atoms with van der Waals surface area (Å²) in [5, 5.41) is 16.6. The van der Waals surface area contributed by atoms with Crippen LogP contribution in [0.3, 0.4) is 0 Å². The second kappa shape index (κ2) is 9.29. The first-order valence-corrected chi connectivity index (χ1v) is 9.45. The Bertz CT molecular complexity index is 1220. The van der Waals surface area contributed by atoms with Gasteiger partial charge in [0.25, 0.3) is 0 Å². The Kier molecular flexibility index (Phi) is 6.52. The third-order valence-corrected chi connectivity index (χ3v) is 4.55. The minimum absolute atomic E-state index is 0.0262. The summed E-state index contributed by atoms with van der Waals surface area (Å²) in [6.45, 7) is 1.94. The summed E-state index contributed by atoms with van der Waals surface area (Å²) in [4.78, 5) is 38.7. The van der Waals surface area contributed by atoms with Crippen molar-refractivity contribution in [3.05, 3.63) is 58.3 Å². The molecule has 1 aromatic heterocycles. The van der Waals surface area contributed by atoms with Crippen LogP contribution in [0.1, 0.15) is 23.7 Å². The fraction of sp³-hybridized carbons (Fsp3) is 0.250. The molecule has 0 aliphatic heterocycles. The normalized spacial score (nSPS) is 10.6. The lowest BCUT2D eigenvalue weighted by atomic mass is 10.1. The van der Waals surface area contributed by atoms with Crippen molar-refractivity contribution in [3.63, 3.8) is 0 Å². The minimum Gasteiger partial charge on any atom is -0.496 e. The number of hydrogen-bond donors (Lipinski definition) is 1. The van der Waals surface area contributed by atoms with E-state index in [4.69, 9.17) is 9.47 Å². The minimum atomic E-state index is -1.25. The summed E-state index contributed by atoms with van der Waals surface area (Å²) in [5.41, 5.74) is -1.27. The maximum absolute atomic E-state index is 14.4. The van der Waals surface area contributed by atoms with E-state index in [-0.39, 0.29) is 35.0 Å². The number of carboxylic acids is 1. The summed E-state index contributed by atoms with van der Waals surface area (Å²) < 4.78 is 25.6. The summed E-state index contributed by atoms with van der Waals surface area (Å²) in [6.07, 6.45) is 0.490. The molecule has 0 radical (unpaired) electrons. The number of para-hydroxylation sites is 1. The van der Waals surface area contributed by atoms with Gasteiger partial charge in [-0.2, -0.15) is 4.68 Å². The van der Waals surface area contributed by atoms with Crippen molar-refractivity contribution in [2.24, 2.45) is 0 Å². The van der Waals surface area contributed by atoms with Crippen LogP contribution in [0.4, 0.5) is 14.9 Å². The van der Waals surface area contributed by atoms with E-state index in [0.29, 0.717) is 15.8 Å². The van der Waals surface area contributed by atoms with Gasteiger partial charge in [0, 0.05) is 12.2 Å². The number of hydrogen-bond acceptors (Lipinski definition) is 7. The van der Waals surface area contributed by atoms with E-state index < -0.39 is 23.5 Å². The molecule has 0 aliphatic carbocycles. The van der Waals surface area contributed by atoms with Gasteiger partial charge in [-0.25, -0.2) is 18.8 Å². The largest absolute Gasteiger partial charge is 0.496 e. The molecule has 0 spiro atoms. The Hall–Kier alpha value is -4.22. The first-order valence-electron chi connectivity index (χ1n) is 9.45. The fourth-order valence-electron chi connectivity index (χ4n) is 3.08. The number of benzene rings is 2. The molecule has 0 saturated heterocycles. The van der Waals surface area contributed by atoms with Crippen molar-refractivity contribution in [1.29, 1.82) is 0 Å². The quantitative estimate of drug-likeness (QED) is 0.548. The summed E-state index contributed by atoms with van der Waals surface area (Å²) in [6, 6.07) is 7.18. The lowest BCUT2D eigenvalue weighted by Gasteiger charge is -2.22. The predicted octanol–water partition coefficient (Wildman–Crippen LogP) is 2.17. The molecule has 0 atom stereocenters. The molecule has 3 aromatic rings. The van der Waals surface area contributed by atoms with Gasteiger partial charge in [-0.3, -0.25) is 4.90 Å². The number of ether oxygens (including phenoxy) is 2. The van der Waals surface area contributed by atoms with Crippen LogP contribution in [0.15, 0.2) is 41.2 Å². The van der Waals surface area contributed by atoms with Crippen LogP contribution in [0.25, 0.3) is 5.69 Å². The van der Waals surface area contributed by atoms with Gasteiger partial charge in [-0.15, -0.1) is 4.68 Å². The summed E-state index contributed by atoms with van der Waals surface area (Å²) >= 11 is 0. The lowest BCUT2D eigenvalue weighted by molar-refractivity contribution is 0.0693. The third kappa shape index (κ3) is 4.02. The lowest BCUT2D eigenvalue weighted by Crippen LogP contribution is -2.41. The molecule has 1 amide bonds. The molecular weight excluding hydrogens is 425 g/mol. The van der Waals surface area contributed by atoms with Crippen LogP contribution in [0.2, 0.25) is 0 Å². The van der Waals surface area contributed by atoms with Gasteiger partial charge >= 0.3 is 17.7 Å². The highest BCUT2D eigenvalue weighted by atomic mass is 19.1. The number of halogens is 1. The van der Waals surface area contributed by atoms with E-state index >= 15 is 0 Å². The zero-order chi connectivity index (χ0) is 23.4. The summed E-state index contributed by atoms with van der Waals surface area (Å²) in [5.74, 6) is -1.90. The van der Waals surface area contributed by atoms with Gasteiger partial charge in [0.05, 0.1) is 14.2 Å². The zero-order valence-corrected chi connectivity index (χ0v) is 17.5. The molecule has 32 heavy (non-hydrogen) atoms. The average Bonchev–Trinajstić information content (AvgIpc) is 3.17. The molecule has 0 unspecified atom stereocenters. The third-order valence-electron chi connectivity index (χ3n) is 4.55. The van der Waals surface area contributed by atoms with Gasteiger partial charge in [-0.1, -0.05) is 13.0 Å². The van der Waals surface area contributed by atoms with Crippen LogP contribution in [0.5, 0.6) is 11.5 Å². The van der Waals surface area contributed by atoms with Crippen LogP contribution < -0.4 is 20.1 Å². The fourth-order valence-corrected chi connectivity index (χ4v) is 3.08. The van der Waals surface area contributed by atoms with Crippen molar-refractivity contribution in [2.45, 2.75) is 13.3 Å². The second-order valence-corrected chi connectivity index (χ2v) is 6.50. The number of methoxy groups -OCH3 is 2. The SMILES string of the molecule is CCCN(C(=O)n1nnn(-c2c(F)cccc2OC)c1=O)c1ccc(OC)c(C(=O)O)c1. The summed E-state index contributed by atoms with van der Waals surface area (Å²) in [7, 11) is 2.62. The van der Waals surface area contributed by atoms with Gasteiger partial charge in [0.15, 0.2) is 5.82 Å². The van der Waals surface area contributed by atoms with Crippen molar-refractivity contribution < 1.29 is 28.6 Å². The van der Waals surface area contributed by atoms with Crippen LogP contribution in [-0.4, -0.2) is 57.7 Å². The molecule has 2 aromatic carbocycles. The number of tetrazole rings is 1. The molecule has 168 valence electrons. The molecule has 0 aliphatic rings. The molecule has 1 heterocycles. The van der Waals surface area contributed by atoms with Crippen LogP contribution in [0, 0.1) is 5.82 Å². The molecule has 11 nitrogen and oxygen atoms in total. The van der Waals surface area contributed by atoms with Gasteiger partial charge < -0.3 is 14.6 Å². The number of amides is 1. The van der Waals surface area contributed by atoms with E-state index in [1.807, 2.05) is 0 Å². The standard InChI is InChI=1S/C20H20FN5O6/c1-4-10-24(12-8-9-15(31-2)13(11-12)18(27)28)19(29)26-20(30)25(22-23-26)17-14(21)6-5-7-16(17)32-3/h5-9,11H,4,10H2,1-3H3,(H,27,28). The Morgan fingerprint density at radius 2 is 1.84 bits per heavy atom.